The van der Waals surface area contributed by atoms with Crippen LogP contribution in [0.2, 0.25) is 0 Å². The maximum absolute atomic E-state index is 12.8. The zero-order chi connectivity index (χ0) is 18.2. The van der Waals surface area contributed by atoms with E-state index in [4.69, 9.17) is 0 Å². The van der Waals surface area contributed by atoms with E-state index in [1.165, 1.54) is 0 Å². The number of aryl methyl sites for hydroxylation is 3. The normalized spacial score (nSPS) is 11.7. The molecule has 0 fully saturated rings. The van der Waals surface area contributed by atoms with Crippen LogP contribution in [-0.2, 0) is 16.6 Å². The van der Waals surface area contributed by atoms with Crippen LogP contribution < -0.4 is 4.72 Å². The summed E-state index contributed by atoms with van der Waals surface area (Å²) in [5.41, 5.74) is 3.51. The van der Waals surface area contributed by atoms with Crippen LogP contribution in [0.15, 0.2) is 34.5 Å². The molecule has 1 aromatic carbocycles. The van der Waals surface area contributed by atoms with Gasteiger partial charge in [0.1, 0.15) is 4.90 Å². The lowest BCUT2D eigenvalue weighted by atomic mass is 10.1. The lowest BCUT2D eigenvalue weighted by Gasteiger charge is -2.09. The van der Waals surface area contributed by atoms with Crippen LogP contribution in [0.3, 0.4) is 0 Å². The third kappa shape index (κ3) is 3.45. The second kappa shape index (κ2) is 6.61. The molecule has 0 aliphatic heterocycles. The highest BCUT2D eigenvalue weighted by Gasteiger charge is 2.24. The van der Waals surface area contributed by atoms with Gasteiger partial charge >= 0.3 is 0 Å². The summed E-state index contributed by atoms with van der Waals surface area (Å²) in [6, 6.07) is 7.22. The van der Waals surface area contributed by atoms with Crippen molar-refractivity contribution in [3.05, 3.63) is 46.0 Å². The van der Waals surface area contributed by atoms with Crippen molar-refractivity contribution in [1.29, 1.82) is 0 Å². The van der Waals surface area contributed by atoms with Crippen molar-refractivity contribution in [3.63, 3.8) is 0 Å². The van der Waals surface area contributed by atoms with Gasteiger partial charge in [-0.1, -0.05) is 12.1 Å². The Kier molecular flexibility index (Phi) is 4.66. The van der Waals surface area contributed by atoms with Crippen molar-refractivity contribution < 1.29 is 8.42 Å². The van der Waals surface area contributed by atoms with Crippen LogP contribution in [0.25, 0.3) is 11.3 Å². The summed E-state index contributed by atoms with van der Waals surface area (Å²) >= 11 is 1.59. The second-order valence-corrected chi connectivity index (χ2v) is 8.43. The van der Waals surface area contributed by atoms with Crippen LogP contribution in [0.4, 0.5) is 5.69 Å². The Labute approximate surface area is 151 Å². The van der Waals surface area contributed by atoms with E-state index >= 15 is 0 Å². The zero-order valence-corrected chi connectivity index (χ0v) is 16.2. The summed E-state index contributed by atoms with van der Waals surface area (Å²) in [4.78, 5) is 4.68. The average Bonchev–Trinajstić information content (AvgIpc) is 3.11. The summed E-state index contributed by atoms with van der Waals surface area (Å²) in [7, 11) is -3.68. The highest BCUT2D eigenvalue weighted by atomic mass is 32.2. The molecular weight excluding hydrogens is 356 g/mol. The standard InChI is InChI=1S/C17H20N4O2S2/c1-5-21-12(3)17(11(2)19-21)25(22,23)20-15-8-6-14(7-9-15)16-10-24-13(4)18-16/h6-10,20H,5H2,1-4H3. The van der Waals surface area contributed by atoms with Gasteiger partial charge < -0.3 is 0 Å². The summed E-state index contributed by atoms with van der Waals surface area (Å²) in [6.45, 7) is 8.00. The van der Waals surface area contributed by atoms with E-state index < -0.39 is 10.0 Å². The van der Waals surface area contributed by atoms with E-state index in [1.807, 2.05) is 31.4 Å². The molecule has 0 aliphatic rings. The van der Waals surface area contributed by atoms with E-state index in [0.29, 0.717) is 23.6 Å². The maximum Gasteiger partial charge on any atom is 0.265 e. The topological polar surface area (TPSA) is 76.9 Å². The molecule has 0 radical (unpaired) electrons. The molecule has 0 amide bonds. The van der Waals surface area contributed by atoms with Gasteiger partial charge in [0.2, 0.25) is 0 Å². The van der Waals surface area contributed by atoms with Gasteiger partial charge in [-0.25, -0.2) is 13.4 Å². The van der Waals surface area contributed by atoms with E-state index in [9.17, 15) is 8.42 Å². The summed E-state index contributed by atoms with van der Waals surface area (Å²) < 4.78 is 29.8. The van der Waals surface area contributed by atoms with Crippen molar-refractivity contribution in [1.82, 2.24) is 14.8 Å². The smallest absolute Gasteiger partial charge is 0.265 e. The fourth-order valence-electron chi connectivity index (χ4n) is 2.79. The minimum Gasteiger partial charge on any atom is -0.280 e. The van der Waals surface area contributed by atoms with Gasteiger partial charge in [-0.3, -0.25) is 9.40 Å². The number of aromatic nitrogens is 3. The summed E-state index contributed by atoms with van der Waals surface area (Å²) in [5.74, 6) is 0. The molecule has 1 N–H and O–H groups in total. The number of rotatable bonds is 5. The molecule has 0 saturated carbocycles. The summed E-state index contributed by atoms with van der Waals surface area (Å²) in [6.07, 6.45) is 0. The van der Waals surface area contributed by atoms with Crippen LogP contribution in [0.5, 0.6) is 0 Å². The number of benzene rings is 1. The molecule has 0 saturated heterocycles. The largest absolute Gasteiger partial charge is 0.280 e. The number of thiazole rings is 1. The molecule has 0 spiro atoms. The number of anilines is 1. The average molecular weight is 377 g/mol. The third-order valence-electron chi connectivity index (χ3n) is 3.94. The van der Waals surface area contributed by atoms with Crippen LogP contribution >= 0.6 is 11.3 Å². The van der Waals surface area contributed by atoms with Gasteiger partial charge in [-0.2, -0.15) is 5.10 Å². The number of sulfonamides is 1. The Hall–Kier alpha value is -2.19. The minimum atomic E-state index is -3.68. The Morgan fingerprint density at radius 2 is 1.84 bits per heavy atom. The van der Waals surface area contributed by atoms with E-state index in [-0.39, 0.29) is 4.90 Å². The van der Waals surface area contributed by atoms with Crippen LogP contribution in [0, 0.1) is 20.8 Å². The van der Waals surface area contributed by atoms with Crippen molar-refractivity contribution in [2.24, 2.45) is 0 Å². The fourth-order valence-corrected chi connectivity index (χ4v) is 4.88. The van der Waals surface area contributed by atoms with Crippen molar-refractivity contribution in [2.45, 2.75) is 39.1 Å². The monoisotopic (exact) mass is 376 g/mol. The van der Waals surface area contributed by atoms with E-state index in [1.54, 1.807) is 42.0 Å². The van der Waals surface area contributed by atoms with Crippen LogP contribution in [0.1, 0.15) is 23.3 Å². The molecule has 8 heteroatoms. The first-order chi connectivity index (χ1) is 11.8. The van der Waals surface area contributed by atoms with Crippen molar-refractivity contribution >= 4 is 27.0 Å². The predicted octanol–water partition coefficient (Wildman–Crippen LogP) is 3.75. The molecular formula is C17H20N4O2S2. The number of nitrogens with one attached hydrogen (secondary N) is 1. The van der Waals surface area contributed by atoms with Crippen molar-refractivity contribution in [2.75, 3.05) is 4.72 Å². The lowest BCUT2D eigenvalue weighted by molar-refractivity contribution is 0.598. The van der Waals surface area contributed by atoms with Gasteiger partial charge in [0.15, 0.2) is 0 Å². The van der Waals surface area contributed by atoms with Gasteiger partial charge in [0, 0.05) is 23.2 Å². The second-order valence-electron chi connectivity index (χ2n) is 5.75. The molecule has 0 unspecified atom stereocenters. The van der Waals surface area contributed by atoms with Gasteiger partial charge in [-0.15, -0.1) is 11.3 Å². The van der Waals surface area contributed by atoms with E-state index in [2.05, 4.69) is 14.8 Å². The zero-order valence-electron chi connectivity index (χ0n) is 14.6. The minimum absolute atomic E-state index is 0.244. The van der Waals surface area contributed by atoms with Gasteiger partial charge in [0.05, 0.1) is 22.1 Å². The van der Waals surface area contributed by atoms with Crippen LogP contribution in [-0.4, -0.2) is 23.2 Å². The number of hydrogen-bond acceptors (Lipinski definition) is 5. The van der Waals surface area contributed by atoms with Crippen molar-refractivity contribution in [3.8, 4) is 11.3 Å². The first-order valence-electron chi connectivity index (χ1n) is 7.91. The first kappa shape index (κ1) is 17.6. The number of nitrogens with zero attached hydrogens (tertiary/aromatic N) is 3. The SMILES string of the molecule is CCn1nc(C)c(S(=O)(=O)Nc2ccc(-c3csc(C)n3)cc2)c1C. The molecule has 2 heterocycles. The molecule has 25 heavy (non-hydrogen) atoms. The van der Waals surface area contributed by atoms with Gasteiger partial charge in [-0.05, 0) is 39.8 Å². The number of hydrogen-bond donors (Lipinski definition) is 1. The maximum atomic E-state index is 12.8. The highest BCUT2D eigenvalue weighted by molar-refractivity contribution is 7.92. The molecule has 2 aromatic heterocycles. The molecule has 132 valence electrons. The fraction of sp³-hybridized carbons (Fsp3) is 0.294. The molecule has 3 aromatic rings. The Balaban J connectivity index is 1.88. The Morgan fingerprint density at radius 1 is 1.16 bits per heavy atom. The highest BCUT2D eigenvalue weighted by Crippen LogP contribution is 2.26. The Bertz CT molecular complexity index is 1000. The molecule has 0 aliphatic carbocycles. The predicted molar refractivity (Wildman–Crippen MR) is 100 cm³/mol. The molecule has 0 bridgehead atoms. The van der Waals surface area contributed by atoms with Gasteiger partial charge in [0.25, 0.3) is 10.0 Å². The first-order valence-corrected chi connectivity index (χ1v) is 10.3. The lowest BCUT2D eigenvalue weighted by Crippen LogP contribution is -2.15. The molecule has 6 nitrogen and oxygen atoms in total. The molecule has 3 rings (SSSR count). The third-order valence-corrected chi connectivity index (χ3v) is 6.34. The Morgan fingerprint density at radius 3 is 2.36 bits per heavy atom. The molecule has 0 atom stereocenters. The quantitative estimate of drug-likeness (QED) is 0.736. The summed E-state index contributed by atoms with van der Waals surface area (Å²) in [5, 5.41) is 7.27. The van der Waals surface area contributed by atoms with E-state index in [0.717, 1.165) is 16.3 Å².